The molecule has 4 N–H and O–H groups in total. The summed E-state index contributed by atoms with van der Waals surface area (Å²) in [5.74, 6) is -0.731. The minimum absolute atomic E-state index is 0.0291. The third-order valence-electron chi connectivity index (χ3n) is 3.32. The predicted molar refractivity (Wildman–Crippen MR) is 81.9 cm³/mol. The Hall–Kier alpha value is -3.05. The average Bonchev–Trinajstić information content (AvgIpc) is 2.86. The van der Waals surface area contributed by atoms with Crippen LogP contribution in [0.1, 0.15) is 11.1 Å². The van der Waals surface area contributed by atoms with E-state index in [2.05, 4.69) is 11.2 Å². The zero-order valence-electron chi connectivity index (χ0n) is 11.5. The topological polar surface area (TPSA) is 112 Å². The van der Waals surface area contributed by atoms with Crippen LogP contribution in [0.3, 0.4) is 0 Å². The van der Waals surface area contributed by atoms with Crippen molar-refractivity contribution in [1.82, 2.24) is 4.98 Å². The molecule has 0 saturated carbocycles. The quantitative estimate of drug-likeness (QED) is 0.775. The maximum atomic E-state index is 14.1. The Bertz CT molecular complexity index is 865. The van der Waals surface area contributed by atoms with E-state index in [9.17, 15) is 14.4 Å². The fourth-order valence-electron chi connectivity index (χ4n) is 2.48. The molecule has 0 saturated heterocycles. The summed E-state index contributed by atoms with van der Waals surface area (Å²) in [5, 5.41) is 11.6. The molecule has 2 aromatic rings. The number of primary amides is 1. The lowest BCUT2D eigenvalue weighted by atomic mass is 10.1. The predicted octanol–water partition coefficient (Wildman–Crippen LogP) is 1.95. The van der Waals surface area contributed by atoms with Gasteiger partial charge < -0.3 is 11.5 Å². The number of hydrogen-bond donors (Lipinski definition) is 2. The number of pyridine rings is 1. The number of urea groups is 1. The van der Waals surface area contributed by atoms with Gasteiger partial charge in [-0.3, -0.25) is 9.99 Å². The Kier molecular flexibility index (Phi) is 3.42. The zero-order chi connectivity index (χ0) is 16.7. The number of nitrogens with zero attached hydrogens (tertiary/aromatic N) is 4. The number of hydrogen-bond acceptors (Lipinski definition) is 5. The molecule has 0 atom stereocenters. The maximum Gasteiger partial charge on any atom is 0.338 e. The molecule has 1 aromatic carbocycles. The van der Waals surface area contributed by atoms with Gasteiger partial charge in [-0.2, -0.15) is 10.3 Å². The SMILES string of the molecule is N#Cc1cc(N)cc(Cl)c1N1Cc2[c]ncc(F)c2N1C(N)=O. The van der Waals surface area contributed by atoms with E-state index >= 15 is 0 Å². The maximum absolute atomic E-state index is 14.1. The van der Waals surface area contributed by atoms with Crippen LogP contribution in [0.5, 0.6) is 0 Å². The number of nitriles is 1. The Morgan fingerprint density at radius 1 is 1.48 bits per heavy atom. The molecule has 1 aliphatic rings. The molecule has 2 heterocycles. The van der Waals surface area contributed by atoms with Crippen LogP contribution in [0.15, 0.2) is 18.3 Å². The number of halogens is 2. The highest BCUT2D eigenvalue weighted by atomic mass is 35.5. The third-order valence-corrected chi connectivity index (χ3v) is 3.61. The van der Waals surface area contributed by atoms with Crippen molar-refractivity contribution in [3.63, 3.8) is 0 Å². The van der Waals surface area contributed by atoms with Crippen LogP contribution in [-0.4, -0.2) is 11.0 Å². The Morgan fingerprint density at radius 3 is 2.87 bits per heavy atom. The van der Waals surface area contributed by atoms with E-state index in [1.807, 2.05) is 6.07 Å². The van der Waals surface area contributed by atoms with Gasteiger partial charge in [0.25, 0.3) is 0 Å². The molecule has 0 aliphatic carbocycles. The van der Waals surface area contributed by atoms with Crippen LogP contribution >= 0.6 is 11.6 Å². The van der Waals surface area contributed by atoms with Crippen LogP contribution in [0.25, 0.3) is 0 Å². The first-order chi connectivity index (χ1) is 10.9. The van der Waals surface area contributed by atoms with Crippen molar-refractivity contribution in [3.8, 4) is 6.07 Å². The van der Waals surface area contributed by atoms with E-state index in [-0.39, 0.29) is 34.2 Å². The number of amides is 2. The largest absolute Gasteiger partial charge is 0.399 e. The van der Waals surface area contributed by atoms with Crippen molar-refractivity contribution in [1.29, 1.82) is 5.26 Å². The summed E-state index contributed by atoms with van der Waals surface area (Å²) in [6.45, 7) is 0.0291. The molecule has 9 heteroatoms. The number of anilines is 3. The van der Waals surface area contributed by atoms with Crippen LogP contribution in [0.2, 0.25) is 5.02 Å². The first kappa shape index (κ1) is 14.9. The van der Waals surface area contributed by atoms with Gasteiger partial charge in [-0.25, -0.2) is 9.18 Å². The lowest BCUT2D eigenvalue weighted by Crippen LogP contribution is -2.46. The Balaban J connectivity index is 2.22. The summed E-state index contributed by atoms with van der Waals surface area (Å²) in [4.78, 5) is 15.5. The first-order valence-corrected chi connectivity index (χ1v) is 6.73. The van der Waals surface area contributed by atoms with E-state index in [0.717, 1.165) is 11.2 Å². The van der Waals surface area contributed by atoms with Gasteiger partial charge in [0.05, 0.1) is 35.2 Å². The fraction of sp³-hybridized carbons (Fsp3) is 0.0714. The summed E-state index contributed by atoms with van der Waals surface area (Å²) in [6.07, 6.45) is 3.54. The van der Waals surface area contributed by atoms with Gasteiger partial charge in [0.15, 0.2) is 5.82 Å². The molecule has 23 heavy (non-hydrogen) atoms. The van der Waals surface area contributed by atoms with Crippen molar-refractivity contribution < 1.29 is 9.18 Å². The lowest BCUT2D eigenvalue weighted by molar-refractivity contribution is 0.253. The second-order valence-corrected chi connectivity index (χ2v) is 5.17. The monoisotopic (exact) mass is 331 g/mol. The summed E-state index contributed by atoms with van der Waals surface area (Å²) >= 11 is 6.18. The van der Waals surface area contributed by atoms with Crippen LogP contribution in [-0.2, 0) is 6.54 Å². The lowest BCUT2D eigenvalue weighted by Gasteiger charge is -2.30. The second-order valence-electron chi connectivity index (χ2n) is 4.76. The van der Waals surface area contributed by atoms with Gasteiger partial charge in [0, 0.05) is 11.3 Å². The van der Waals surface area contributed by atoms with Crippen LogP contribution in [0, 0.1) is 23.3 Å². The number of hydrazine groups is 1. The molecule has 0 unspecified atom stereocenters. The van der Waals surface area contributed by atoms with Crippen molar-refractivity contribution in [2.75, 3.05) is 15.8 Å². The van der Waals surface area contributed by atoms with E-state index in [1.165, 1.54) is 17.1 Å². The van der Waals surface area contributed by atoms with Crippen molar-refractivity contribution in [2.45, 2.75) is 6.54 Å². The molecular weight excluding hydrogens is 323 g/mol. The molecular formula is C14H9ClFN6O. The first-order valence-electron chi connectivity index (χ1n) is 6.35. The number of nitrogen functional groups attached to an aromatic ring is 1. The standard InChI is InChI=1S/C14H9ClFN6O/c15-10-2-9(18)1-7(3-17)12(10)21-6-8-4-20-5-11(16)13(8)22(21)14(19)23/h1-2,5H,6,18H2,(H2,19,23). The molecule has 115 valence electrons. The summed E-state index contributed by atoms with van der Waals surface area (Å²) in [7, 11) is 0. The molecule has 0 fully saturated rings. The minimum Gasteiger partial charge on any atom is -0.399 e. The van der Waals surface area contributed by atoms with Gasteiger partial charge in [-0.1, -0.05) is 11.6 Å². The highest BCUT2D eigenvalue weighted by molar-refractivity contribution is 6.34. The van der Waals surface area contributed by atoms with E-state index in [0.29, 0.717) is 5.56 Å². The van der Waals surface area contributed by atoms with E-state index in [1.54, 1.807) is 0 Å². The molecule has 1 aliphatic heterocycles. The highest BCUT2D eigenvalue weighted by Crippen LogP contribution is 2.41. The van der Waals surface area contributed by atoms with Crippen LogP contribution in [0.4, 0.5) is 26.2 Å². The molecule has 1 radical (unpaired) electrons. The van der Waals surface area contributed by atoms with Crippen molar-refractivity contribution in [2.24, 2.45) is 5.73 Å². The Morgan fingerprint density at radius 2 is 2.22 bits per heavy atom. The highest BCUT2D eigenvalue weighted by Gasteiger charge is 2.36. The number of carbonyl (C=O) groups excluding carboxylic acids is 1. The van der Waals surface area contributed by atoms with Crippen molar-refractivity contribution in [3.05, 3.63) is 46.5 Å². The number of aromatic nitrogens is 1. The smallest absolute Gasteiger partial charge is 0.338 e. The van der Waals surface area contributed by atoms with Gasteiger partial charge >= 0.3 is 6.03 Å². The van der Waals surface area contributed by atoms with Gasteiger partial charge in [-0.15, -0.1) is 0 Å². The number of nitrogens with two attached hydrogens (primary N) is 2. The molecule has 0 spiro atoms. The number of fused-ring (bicyclic) bond motifs is 1. The van der Waals surface area contributed by atoms with E-state index < -0.39 is 11.8 Å². The summed E-state index contributed by atoms with van der Waals surface area (Å²) < 4.78 is 14.1. The summed E-state index contributed by atoms with van der Waals surface area (Å²) in [5.41, 5.74) is 11.9. The molecule has 7 nitrogen and oxygen atoms in total. The summed E-state index contributed by atoms with van der Waals surface area (Å²) in [6, 6.07) is 3.85. The Labute approximate surface area is 135 Å². The van der Waals surface area contributed by atoms with Crippen molar-refractivity contribution >= 4 is 34.7 Å². The fourth-order valence-corrected chi connectivity index (χ4v) is 2.81. The normalized spacial score (nSPS) is 12.9. The van der Waals surface area contributed by atoms with Crippen LogP contribution < -0.4 is 21.5 Å². The van der Waals surface area contributed by atoms with Gasteiger partial charge in [0.2, 0.25) is 0 Å². The van der Waals surface area contributed by atoms with Gasteiger partial charge in [-0.05, 0) is 12.1 Å². The van der Waals surface area contributed by atoms with E-state index in [4.69, 9.17) is 23.1 Å². The minimum atomic E-state index is -0.931. The molecule has 0 bridgehead atoms. The third kappa shape index (κ3) is 2.27. The number of rotatable bonds is 1. The molecule has 2 amide bonds. The average molecular weight is 332 g/mol. The number of benzene rings is 1. The second kappa shape index (κ2) is 5.30. The molecule has 3 rings (SSSR count). The molecule has 1 aromatic heterocycles. The van der Waals surface area contributed by atoms with Gasteiger partial charge in [0.1, 0.15) is 11.8 Å². The number of carbonyl (C=O) groups is 1. The zero-order valence-corrected chi connectivity index (χ0v) is 12.3.